The highest BCUT2D eigenvalue weighted by Crippen LogP contribution is 2.20. The Morgan fingerprint density at radius 1 is 1.12 bits per heavy atom. The molecule has 0 aliphatic carbocycles. The van der Waals surface area contributed by atoms with Gasteiger partial charge in [0.2, 0.25) is 5.91 Å². The van der Waals surface area contributed by atoms with Gasteiger partial charge in [-0.2, -0.15) is 0 Å². The number of aliphatic carboxylic acids is 1. The molecule has 2 N–H and O–H groups in total. The molecule has 2 aromatic rings. The number of amides is 1. The molecular weight excluding hydrogens is 306 g/mol. The van der Waals surface area contributed by atoms with Crippen LogP contribution in [0.2, 0.25) is 0 Å². The van der Waals surface area contributed by atoms with Gasteiger partial charge in [-0.15, -0.1) is 0 Å². The van der Waals surface area contributed by atoms with Gasteiger partial charge in [-0.3, -0.25) is 9.59 Å². The lowest BCUT2D eigenvalue weighted by Crippen LogP contribution is -2.13. The number of methoxy groups -OCH3 is 1. The van der Waals surface area contributed by atoms with E-state index in [1.54, 1.807) is 38.3 Å². The third-order valence-electron chi connectivity index (χ3n) is 3.88. The molecule has 0 radical (unpaired) electrons. The average molecular weight is 327 g/mol. The highest BCUT2D eigenvalue weighted by Gasteiger charge is 2.13. The fourth-order valence-corrected chi connectivity index (χ4v) is 2.38. The van der Waals surface area contributed by atoms with E-state index in [-0.39, 0.29) is 5.91 Å². The van der Waals surface area contributed by atoms with Gasteiger partial charge in [0, 0.05) is 12.1 Å². The number of hydrogen-bond donors (Lipinski definition) is 2. The number of hydrogen-bond acceptors (Lipinski definition) is 3. The highest BCUT2D eigenvalue weighted by atomic mass is 16.5. The Kier molecular flexibility index (Phi) is 5.95. The number of ether oxygens (including phenoxy) is 1. The Balaban J connectivity index is 1.91. The lowest BCUT2D eigenvalue weighted by atomic mass is 10.0. The van der Waals surface area contributed by atoms with E-state index in [1.807, 2.05) is 24.3 Å². The van der Waals surface area contributed by atoms with Gasteiger partial charge in [0.05, 0.1) is 13.0 Å². The van der Waals surface area contributed by atoms with Crippen LogP contribution in [0.4, 0.5) is 5.69 Å². The minimum absolute atomic E-state index is 0.0973. The first kappa shape index (κ1) is 17.5. The maximum absolute atomic E-state index is 12.1. The summed E-state index contributed by atoms with van der Waals surface area (Å²) in [6, 6.07) is 14.5. The topological polar surface area (TPSA) is 75.6 Å². The lowest BCUT2D eigenvalue weighted by Gasteiger charge is -2.10. The van der Waals surface area contributed by atoms with E-state index in [0.29, 0.717) is 24.1 Å². The van der Waals surface area contributed by atoms with Gasteiger partial charge in [-0.05, 0) is 42.7 Å². The van der Waals surface area contributed by atoms with Crippen LogP contribution in [0.5, 0.6) is 5.75 Å². The Morgan fingerprint density at radius 3 is 2.42 bits per heavy atom. The van der Waals surface area contributed by atoms with Crippen LogP contribution in [-0.2, 0) is 16.0 Å². The molecule has 0 spiro atoms. The van der Waals surface area contributed by atoms with Gasteiger partial charge in [-0.1, -0.05) is 30.3 Å². The normalized spacial score (nSPS) is 11.6. The fraction of sp³-hybridized carbons (Fsp3) is 0.263. The van der Waals surface area contributed by atoms with Crippen LogP contribution in [0, 0.1) is 0 Å². The molecule has 2 rings (SSSR count). The average Bonchev–Trinajstić information content (AvgIpc) is 2.60. The van der Waals surface area contributed by atoms with Gasteiger partial charge in [0.15, 0.2) is 0 Å². The molecule has 1 amide bonds. The van der Waals surface area contributed by atoms with Crippen molar-refractivity contribution in [1.82, 2.24) is 0 Å². The van der Waals surface area contributed by atoms with Crippen molar-refractivity contribution in [2.75, 3.05) is 12.4 Å². The van der Waals surface area contributed by atoms with Crippen molar-refractivity contribution >= 4 is 17.6 Å². The summed E-state index contributed by atoms with van der Waals surface area (Å²) in [5, 5.41) is 11.8. The number of carbonyl (C=O) groups is 2. The van der Waals surface area contributed by atoms with E-state index in [9.17, 15) is 9.59 Å². The fourth-order valence-electron chi connectivity index (χ4n) is 2.38. The predicted molar refractivity (Wildman–Crippen MR) is 92.4 cm³/mol. The van der Waals surface area contributed by atoms with Crippen LogP contribution in [0.15, 0.2) is 48.5 Å². The monoisotopic (exact) mass is 327 g/mol. The number of carboxylic acids is 1. The van der Waals surface area contributed by atoms with Gasteiger partial charge >= 0.3 is 5.97 Å². The Bertz CT molecular complexity index is 710. The molecule has 0 saturated heterocycles. The molecule has 0 fully saturated rings. The number of aryl methyl sites for hydroxylation is 1. The summed E-state index contributed by atoms with van der Waals surface area (Å²) in [7, 11) is 1.61. The Hall–Kier alpha value is -2.82. The summed E-state index contributed by atoms with van der Waals surface area (Å²) in [6.45, 7) is 1.63. The second kappa shape index (κ2) is 8.15. The first-order chi connectivity index (χ1) is 11.5. The van der Waals surface area contributed by atoms with Gasteiger partial charge < -0.3 is 15.2 Å². The van der Waals surface area contributed by atoms with Crippen molar-refractivity contribution in [3.05, 3.63) is 59.7 Å². The zero-order chi connectivity index (χ0) is 17.5. The number of rotatable bonds is 7. The van der Waals surface area contributed by atoms with Crippen LogP contribution in [0.1, 0.15) is 30.4 Å². The molecule has 126 valence electrons. The van der Waals surface area contributed by atoms with Crippen LogP contribution >= 0.6 is 0 Å². The smallest absolute Gasteiger partial charge is 0.310 e. The van der Waals surface area contributed by atoms with E-state index in [0.717, 1.165) is 11.3 Å². The van der Waals surface area contributed by atoms with Crippen molar-refractivity contribution in [2.45, 2.75) is 25.7 Å². The molecule has 2 aromatic carbocycles. The van der Waals surface area contributed by atoms with E-state index in [1.165, 1.54) is 0 Å². The summed E-state index contributed by atoms with van der Waals surface area (Å²) >= 11 is 0. The lowest BCUT2D eigenvalue weighted by molar-refractivity contribution is -0.138. The highest BCUT2D eigenvalue weighted by molar-refractivity contribution is 5.91. The van der Waals surface area contributed by atoms with E-state index in [4.69, 9.17) is 9.84 Å². The molecule has 0 aromatic heterocycles. The Labute approximate surface area is 141 Å². The molecule has 24 heavy (non-hydrogen) atoms. The zero-order valence-corrected chi connectivity index (χ0v) is 13.8. The second-order valence-electron chi connectivity index (χ2n) is 5.54. The zero-order valence-electron chi connectivity index (χ0n) is 13.8. The van der Waals surface area contributed by atoms with Crippen LogP contribution in [-0.4, -0.2) is 24.1 Å². The van der Waals surface area contributed by atoms with Gasteiger partial charge in [0.1, 0.15) is 5.75 Å². The number of carboxylic acid groups (broad SMARTS) is 1. The maximum Gasteiger partial charge on any atom is 0.310 e. The molecule has 1 atom stereocenters. The van der Waals surface area contributed by atoms with Gasteiger partial charge in [-0.25, -0.2) is 0 Å². The van der Waals surface area contributed by atoms with Crippen molar-refractivity contribution in [1.29, 1.82) is 0 Å². The van der Waals surface area contributed by atoms with Crippen LogP contribution in [0.3, 0.4) is 0 Å². The SMILES string of the molecule is COc1ccccc1CCC(=O)Nc1ccc(C(C)C(=O)O)cc1. The molecule has 5 nitrogen and oxygen atoms in total. The number of benzene rings is 2. The van der Waals surface area contributed by atoms with Crippen molar-refractivity contribution < 1.29 is 19.4 Å². The quantitative estimate of drug-likeness (QED) is 0.816. The number of carbonyl (C=O) groups excluding carboxylic acids is 1. The minimum Gasteiger partial charge on any atom is -0.496 e. The number of nitrogens with one attached hydrogen (secondary N) is 1. The molecule has 0 saturated carbocycles. The van der Waals surface area contributed by atoms with E-state index in [2.05, 4.69) is 5.32 Å². The van der Waals surface area contributed by atoms with Gasteiger partial charge in [0.25, 0.3) is 0 Å². The standard InChI is InChI=1S/C19H21NO4/c1-13(19(22)23)14-7-10-16(11-8-14)20-18(21)12-9-15-5-3-4-6-17(15)24-2/h3-8,10-11,13H,9,12H2,1-2H3,(H,20,21)(H,22,23). The predicted octanol–water partition coefficient (Wildman–Crippen LogP) is 3.45. The molecule has 0 aliphatic heterocycles. The largest absolute Gasteiger partial charge is 0.496 e. The first-order valence-electron chi connectivity index (χ1n) is 7.75. The molecule has 0 aliphatic rings. The summed E-state index contributed by atoms with van der Waals surface area (Å²) < 4.78 is 5.27. The number of para-hydroxylation sites is 1. The third kappa shape index (κ3) is 4.59. The minimum atomic E-state index is -0.872. The molecule has 0 bridgehead atoms. The van der Waals surface area contributed by atoms with E-state index < -0.39 is 11.9 Å². The van der Waals surface area contributed by atoms with E-state index >= 15 is 0 Å². The maximum atomic E-state index is 12.1. The van der Waals surface area contributed by atoms with Crippen LogP contribution < -0.4 is 10.1 Å². The van der Waals surface area contributed by atoms with Crippen molar-refractivity contribution in [3.8, 4) is 5.75 Å². The van der Waals surface area contributed by atoms with Crippen molar-refractivity contribution in [2.24, 2.45) is 0 Å². The molecule has 1 unspecified atom stereocenters. The van der Waals surface area contributed by atoms with Crippen LogP contribution in [0.25, 0.3) is 0 Å². The number of anilines is 1. The molecule has 5 heteroatoms. The molecule has 0 heterocycles. The summed E-state index contributed by atoms with van der Waals surface area (Å²) in [4.78, 5) is 23.0. The third-order valence-corrected chi connectivity index (χ3v) is 3.88. The van der Waals surface area contributed by atoms with Crippen molar-refractivity contribution in [3.63, 3.8) is 0 Å². The molecular formula is C19H21NO4. The first-order valence-corrected chi connectivity index (χ1v) is 7.75. The summed E-state index contributed by atoms with van der Waals surface area (Å²) in [5.74, 6) is -0.763. The Morgan fingerprint density at radius 2 is 1.79 bits per heavy atom. The summed E-state index contributed by atoms with van der Waals surface area (Å²) in [6.07, 6.45) is 0.928. The summed E-state index contributed by atoms with van der Waals surface area (Å²) in [5.41, 5.74) is 2.34. The second-order valence-corrected chi connectivity index (χ2v) is 5.54.